The van der Waals surface area contributed by atoms with E-state index < -0.39 is 11.9 Å². The van der Waals surface area contributed by atoms with Gasteiger partial charge in [0.1, 0.15) is 10.5 Å². The molecule has 0 atom stereocenters. The molecule has 1 saturated heterocycles. The predicted octanol–water partition coefficient (Wildman–Crippen LogP) is 3.38. The summed E-state index contributed by atoms with van der Waals surface area (Å²) in [5, 5.41) is 0.571. The third-order valence-electron chi connectivity index (χ3n) is 4.99. The van der Waals surface area contributed by atoms with Crippen LogP contribution in [0.2, 0.25) is 0 Å². The third kappa shape index (κ3) is 3.76. The van der Waals surface area contributed by atoms with E-state index in [0.29, 0.717) is 53.7 Å². The van der Waals surface area contributed by atoms with E-state index in [1.165, 1.54) is 19.4 Å². The first-order valence-electron chi connectivity index (χ1n) is 9.15. The van der Waals surface area contributed by atoms with Crippen molar-refractivity contribution >= 4 is 33.3 Å². The molecule has 0 N–H and O–H groups in total. The molecule has 0 spiro atoms. The number of methoxy groups -OCH3 is 1. The van der Waals surface area contributed by atoms with Crippen molar-refractivity contribution < 1.29 is 22.7 Å². The lowest BCUT2D eigenvalue weighted by Crippen LogP contribution is -2.49. The summed E-state index contributed by atoms with van der Waals surface area (Å²) in [6.07, 6.45) is -1.36. The molecule has 4 heterocycles. The van der Waals surface area contributed by atoms with Crippen molar-refractivity contribution in [2.45, 2.75) is 13.1 Å². The van der Waals surface area contributed by atoms with Crippen molar-refractivity contribution in [1.29, 1.82) is 0 Å². The molecule has 11 heteroatoms. The molecule has 1 aliphatic heterocycles. The van der Waals surface area contributed by atoms with Crippen LogP contribution in [0.3, 0.4) is 0 Å². The summed E-state index contributed by atoms with van der Waals surface area (Å²) in [5.41, 5.74) is -0.300. The van der Waals surface area contributed by atoms with Crippen molar-refractivity contribution in [3.05, 3.63) is 40.7 Å². The second kappa shape index (κ2) is 7.71. The van der Waals surface area contributed by atoms with E-state index in [2.05, 4.69) is 15.0 Å². The van der Waals surface area contributed by atoms with E-state index in [1.807, 2.05) is 4.90 Å². The smallest absolute Gasteiger partial charge is 0.433 e. The Morgan fingerprint density at radius 2 is 1.87 bits per heavy atom. The first-order chi connectivity index (χ1) is 14.3. The number of nitrogens with zero attached hydrogens (tertiary/aromatic N) is 5. The Kier molecular flexibility index (Phi) is 5.22. The molecule has 1 aliphatic rings. The lowest BCUT2D eigenvalue weighted by atomic mass is 10.1. The van der Waals surface area contributed by atoms with E-state index in [1.54, 1.807) is 18.0 Å². The number of alkyl halides is 3. The molecule has 4 rings (SSSR count). The molecule has 0 bridgehead atoms. The highest BCUT2D eigenvalue weighted by Crippen LogP contribution is 2.35. The fourth-order valence-corrected chi connectivity index (χ4v) is 4.48. The average molecular weight is 437 g/mol. The molecule has 0 saturated carbocycles. The number of aromatic nitrogens is 3. The summed E-state index contributed by atoms with van der Waals surface area (Å²) in [7, 11) is 1.52. The Bertz CT molecular complexity index is 1090. The molecule has 0 unspecified atom stereocenters. The summed E-state index contributed by atoms with van der Waals surface area (Å²) < 4.78 is 43.9. The maximum absolute atomic E-state index is 13.0. The zero-order valence-corrected chi connectivity index (χ0v) is 17.0. The number of piperazine rings is 1. The van der Waals surface area contributed by atoms with E-state index in [4.69, 9.17) is 4.74 Å². The van der Waals surface area contributed by atoms with Crippen LogP contribution in [0.25, 0.3) is 10.2 Å². The molecule has 1 amide bonds. The van der Waals surface area contributed by atoms with Gasteiger partial charge < -0.3 is 14.5 Å². The van der Waals surface area contributed by atoms with Crippen LogP contribution in [-0.4, -0.2) is 59.0 Å². The molecule has 0 radical (unpaired) electrons. The van der Waals surface area contributed by atoms with Crippen LogP contribution >= 0.6 is 11.3 Å². The number of hydrogen-bond acceptors (Lipinski definition) is 7. The van der Waals surface area contributed by atoms with Crippen LogP contribution in [0.15, 0.2) is 24.5 Å². The molecular weight excluding hydrogens is 419 g/mol. The van der Waals surface area contributed by atoms with Gasteiger partial charge in [-0.25, -0.2) is 4.98 Å². The highest BCUT2D eigenvalue weighted by Gasteiger charge is 2.33. The standard InChI is InChI=1S/C19H18F3N5O2S/c1-11-12-3-4-13(19(20,21)22)24-17(12)30-16(11)18(28)27-7-5-26(6-8-27)14-9-23-10-15(25-14)29-2/h3-4,9-10H,5-8H2,1-2H3. The Morgan fingerprint density at radius 1 is 1.13 bits per heavy atom. The van der Waals surface area contributed by atoms with Gasteiger partial charge in [-0.15, -0.1) is 11.3 Å². The van der Waals surface area contributed by atoms with E-state index in [9.17, 15) is 18.0 Å². The third-order valence-corrected chi connectivity index (χ3v) is 6.18. The minimum Gasteiger partial charge on any atom is -0.480 e. The van der Waals surface area contributed by atoms with Gasteiger partial charge in [-0.3, -0.25) is 9.78 Å². The molecule has 3 aromatic heterocycles. The van der Waals surface area contributed by atoms with Crippen molar-refractivity contribution in [1.82, 2.24) is 19.9 Å². The molecule has 0 aromatic carbocycles. The van der Waals surface area contributed by atoms with Crippen LogP contribution in [0.1, 0.15) is 20.9 Å². The van der Waals surface area contributed by atoms with Gasteiger partial charge in [0.25, 0.3) is 5.91 Å². The Balaban J connectivity index is 1.51. The van der Waals surface area contributed by atoms with Gasteiger partial charge in [-0.1, -0.05) is 0 Å². The normalized spacial score (nSPS) is 15.0. The highest BCUT2D eigenvalue weighted by molar-refractivity contribution is 7.20. The monoisotopic (exact) mass is 437 g/mol. The zero-order chi connectivity index (χ0) is 21.5. The van der Waals surface area contributed by atoms with Gasteiger partial charge in [0.05, 0.1) is 24.4 Å². The topological polar surface area (TPSA) is 71.5 Å². The Hall–Kier alpha value is -2.95. The zero-order valence-electron chi connectivity index (χ0n) is 16.2. The highest BCUT2D eigenvalue weighted by atomic mass is 32.1. The van der Waals surface area contributed by atoms with Gasteiger partial charge in [-0.05, 0) is 24.6 Å². The number of amides is 1. The fraction of sp³-hybridized carbons (Fsp3) is 0.368. The lowest BCUT2D eigenvalue weighted by molar-refractivity contribution is -0.140. The van der Waals surface area contributed by atoms with E-state index >= 15 is 0 Å². The molecule has 1 fully saturated rings. The summed E-state index contributed by atoms with van der Waals surface area (Å²) >= 11 is 1.00. The first-order valence-corrected chi connectivity index (χ1v) is 9.97. The van der Waals surface area contributed by atoms with Gasteiger partial charge in [0.2, 0.25) is 5.88 Å². The Morgan fingerprint density at radius 3 is 2.53 bits per heavy atom. The molecule has 3 aromatic rings. The molecule has 0 aliphatic carbocycles. The van der Waals surface area contributed by atoms with E-state index in [-0.39, 0.29) is 10.7 Å². The quantitative estimate of drug-likeness (QED) is 0.626. The summed E-state index contributed by atoms with van der Waals surface area (Å²) in [6.45, 7) is 3.80. The molecule has 7 nitrogen and oxygen atoms in total. The van der Waals surface area contributed by atoms with Crippen molar-refractivity contribution in [3.8, 4) is 5.88 Å². The lowest BCUT2D eigenvalue weighted by Gasteiger charge is -2.35. The minimum atomic E-state index is -4.52. The number of fused-ring (bicyclic) bond motifs is 1. The fourth-order valence-electron chi connectivity index (χ4n) is 3.33. The number of carbonyl (C=O) groups excluding carboxylic acids is 1. The maximum atomic E-state index is 13.0. The number of rotatable bonds is 3. The SMILES string of the molecule is COc1cncc(N2CCN(C(=O)c3sc4nc(C(F)(F)F)ccc4c3C)CC2)n1. The van der Waals surface area contributed by atoms with Crippen LogP contribution < -0.4 is 9.64 Å². The van der Waals surface area contributed by atoms with Crippen molar-refractivity contribution in [3.63, 3.8) is 0 Å². The number of hydrogen-bond donors (Lipinski definition) is 0. The van der Waals surface area contributed by atoms with Crippen molar-refractivity contribution in [2.75, 3.05) is 38.2 Å². The summed E-state index contributed by atoms with van der Waals surface area (Å²) in [4.78, 5) is 29.5. The van der Waals surface area contributed by atoms with Crippen LogP contribution in [0.5, 0.6) is 5.88 Å². The van der Waals surface area contributed by atoms with Gasteiger partial charge in [0.15, 0.2) is 5.82 Å². The van der Waals surface area contributed by atoms with Crippen LogP contribution in [0.4, 0.5) is 19.0 Å². The molecule has 158 valence electrons. The van der Waals surface area contributed by atoms with E-state index in [0.717, 1.165) is 17.4 Å². The predicted molar refractivity (Wildman–Crippen MR) is 106 cm³/mol. The second-order valence-electron chi connectivity index (χ2n) is 6.80. The summed E-state index contributed by atoms with van der Waals surface area (Å²) in [5.74, 6) is 0.890. The van der Waals surface area contributed by atoms with Gasteiger partial charge in [0, 0.05) is 31.6 Å². The summed E-state index contributed by atoms with van der Waals surface area (Å²) in [6, 6.07) is 2.33. The average Bonchev–Trinajstić information content (AvgIpc) is 3.08. The van der Waals surface area contributed by atoms with Crippen molar-refractivity contribution in [2.24, 2.45) is 0 Å². The Labute approximate surface area is 174 Å². The number of carbonyl (C=O) groups is 1. The second-order valence-corrected chi connectivity index (χ2v) is 7.80. The molecular formula is C19H18F3N5O2S. The molecule has 30 heavy (non-hydrogen) atoms. The van der Waals surface area contributed by atoms with Gasteiger partial charge in [-0.2, -0.15) is 18.2 Å². The van der Waals surface area contributed by atoms with Crippen LogP contribution in [-0.2, 0) is 6.18 Å². The number of thiophene rings is 1. The number of halogens is 3. The van der Waals surface area contributed by atoms with Crippen LogP contribution in [0, 0.1) is 6.92 Å². The number of pyridine rings is 1. The largest absolute Gasteiger partial charge is 0.480 e. The number of aryl methyl sites for hydroxylation is 1. The maximum Gasteiger partial charge on any atom is 0.433 e. The minimum absolute atomic E-state index is 0.194. The number of ether oxygens (including phenoxy) is 1. The van der Waals surface area contributed by atoms with Gasteiger partial charge >= 0.3 is 6.18 Å². The first kappa shape index (κ1) is 20.3. The number of anilines is 1.